The standard InChI is InChI=1S/C16H18N2O4/c1-21-16(20)14(18-15(19)13-6-7-22-10-13)8-11-2-4-12(9-17)5-3-11/h2-5,13-14H,6-8,10H2,1H3,(H,18,19)/t13-,14-/m1/s1. The smallest absolute Gasteiger partial charge is 0.328 e. The van der Waals surface area contributed by atoms with E-state index in [4.69, 9.17) is 14.7 Å². The van der Waals surface area contributed by atoms with Crippen LogP contribution in [0.15, 0.2) is 24.3 Å². The fourth-order valence-electron chi connectivity index (χ4n) is 2.32. The Morgan fingerprint density at radius 2 is 2.18 bits per heavy atom. The Hall–Kier alpha value is -2.39. The minimum atomic E-state index is -0.744. The summed E-state index contributed by atoms with van der Waals surface area (Å²) in [5.74, 6) is -0.897. The summed E-state index contributed by atoms with van der Waals surface area (Å²) in [6, 6.07) is 8.17. The summed E-state index contributed by atoms with van der Waals surface area (Å²) in [5.41, 5.74) is 1.39. The SMILES string of the molecule is COC(=O)[C@@H](Cc1ccc(C#N)cc1)NC(=O)[C@@H]1CCOC1. The predicted octanol–water partition coefficient (Wildman–Crippen LogP) is 0.795. The second kappa shape index (κ2) is 7.57. The van der Waals surface area contributed by atoms with Crippen molar-refractivity contribution in [2.24, 2.45) is 5.92 Å². The van der Waals surface area contributed by atoms with Crippen LogP contribution in [0.25, 0.3) is 0 Å². The van der Waals surface area contributed by atoms with E-state index in [9.17, 15) is 9.59 Å². The Kier molecular flexibility index (Phi) is 5.50. The van der Waals surface area contributed by atoms with Crippen LogP contribution in [0.2, 0.25) is 0 Å². The van der Waals surface area contributed by atoms with Gasteiger partial charge in [0.25, 0.3) is 0 Å². The van der Waals surface area contributed by atoms with Crippen molar-refractivity contribution in [1.82, 2.24) is 5.32 Å². The van der Waals surface area contributed by atoms with E-state index < -0.39 is 12.0 Å². The molecule has 22 heavy (non-hydrogen) atoms. The van der Waals surface area contributed by atoms with Gasteiger partial charge in [-0.15, -0.1) is 0 Å². The molecule has 0 bridgehead atoms. The highest BCUT2D eigenvalue weighted by Crippen LogP contribution is 2.13. The molecule has 6 heteroatoms. The van der Waals surface area contributed by atoms with Gasteiger partial charge in [0.1, 0.15) is 6.04 Å². The van der Waals surface area contributed by atoms with Crippen molar-refractivity contribution < 1.29 is 19.1 Å². The van der Waals surface area contributed by atoms with Crippen LogP contribution in [-0.2, 0) is 25.5 Å². The van der Waals surface area contributed by atoms with Gasteiger partial charge < -0.3 is 14.8 Å². The number of nitrogens with zero attached hydrogens (tertiary/aromatic N) is 1. The van der Waals surface area contributed by atoms with Gasteiger partial charge in [-0.25, -0.2) is 4.79 Å². The van der Waals surface area contributed by atoms with Gasteiger partial charge in [0, 0.05) is 13.0 Å². The third-order valence-electron chi connectivity index (χ3n) is 3.63. The second-order valence-electron chi connectivity index (χ2n) is 5.16. The number of hydrogen-bond acceptors (Lipinski definition) is 5. The minimum Gasteiger partial charge on any atom is -0.467 e. The van der Waals surface area contributed by atoms with Crippen LogP contribution in [0, 0.1) is 17.2 Å². The summed E-state index contributed by atoms with van der Waals surface area (Å²) >= 11 is 0. The highest BCUT2D eigenvalue weighted by molar-refractivity contribution is 5.86. The predicted molar refractivity (Wildman–Crippen MR) is 77.7 cm³/mol. The van der Waals surface area contributed by atoms with Crippen LogP contribution in [0.4, 0.5) is 0 Å². The zero-order chi connectivity index (χ0) is 15.9. The molecule has 1 saturated heterocycles. The molecule has 0 saturated carbocycles. The van der Waals surface area contributed by atoms with Gasteiger partial charge in [-0.1, -0.05) is 12.1 Å². The Bertz CT molecular complexity index is 571. The van der Waals surface area contributed by atoms with Gasteiger partial charge in [-0.2, -0.15) is 5.26 Å². The van der Waals surface area contributed by atoms with E-state index in [1.807, 2.05) is 6.07 Å². The second-order valence-corrected chi connectivity index (χ2v) is 5.16. The van der Waals surface area contributed by atoms with Crippen LogP contribution >= 0.6 is 0 Å². The highest BCUT2D eigenvalue weighted by atomic mass is 16.5. The molecular formula is C16H18N2O4. The zero-order valence-corrected chi connectivity index (χ0v) is 12.4. The molecule has 1 fully saturated rings. The Morgan fingerprint density at radius 1 is 1.45 bits per heavy atom. The van der Waals surface area contributed by atoms with Gasteiger partial charge in [0.2, 0.25) is 5.91 Å². The van der Waals surface area contributed by atoms with E-state index in [0.717, 1.165) is 5.56 Å². The maximum Gasteiger partial charge on any atom is 0.328 e. The van der Waals surface area contributed by atoms with Crippen LogP contribution < -0.4 is 5.32 Å². The number of carbonyl (C=O) groups excluding carboxylic acids is 2. The first-order valence-electron chi connectivity index (χ1n) is 7.09. The van der Waals surface area contributed by atoms with Crippen molar-refractivity contribution in [1.29, 1.82) is 5.26 Å². The lowest BCUT2D eigenvalue weighted by atomic mass is 10.0. The first-order chi connectivity index (χ1) is 10.6. The maximum absolute atomic E-state index is 12.1. The molecule has 1 aliphatic heterocycles. The number of esters is 1. The fraction of sp³-hybridized carbons (Fsp3) is 0.438. The summed E-state index contributed by atoms with van der Waals surface area (Å²) in [4.78, 5) is 24.0. The molecule has 0 spiro atoms. The van der Waals surface area contributed by atoms with Gasteiger partial charge in [-0.3, -0.25) is 4.79 Å². The first kappa shape index (κ1) is 16.0. The molecule has 1 aromatic rings. The molecule has 1 aromatic carbocycles. The highest BCUT2D eigenvalue weighted by Gasteiger charge is 2.28. The van der Waals surface area contributed by atoms with Crippen LogP contribution in [0.3, 0.4) is 0 Å². The number of methoxy groups -OCH3 is 1. The maximum atomic E-state index is 12.1. The third kappa shape index (κ3) is 4.06. The van der Waals surface area contributed by atoms with Crippen molar-refractivity contribution in [3.8, 4) is 6.07 Å². The lowest BCUT2D eigenvalue weighted by Gasteiger charge is -2.18. The summed E-state index contributed by atoms with van der Waals surface area (Å²) < 4.78 is 9.94. The van der Waals surface area contributed by atoms with E-state index in [-0.39, 0.29) is 11.8 Å². The van der Waals surface area contributed by atoms with E-state index in [1.165, 1.54) is 7.11 Å². The average molecular weight is 302 g/mol. The number of rotatable bonds is 5. The molecular weight excluding hydrogens is 284 g/mol. The Labute approximate surface area is 129 Å². The molecule has 1 heterocycles. The number of benzene rings is 1. The summed E-state index contributed by atoms with van der Waals surface area (Å²) in [7, 11) is 1.29. The molecule has 116 valence electrons. The van der Waals surface area contributed by atoms with Crippen LogP contribution in [0.1, 0.15) is 17.5 Å². The van der Waals surface area contributed by atoms with Crippen molar-refractivity contribution in [2.45, 2.75) is 18.9 Å². The van der Waals surface area contributed by atoms with Gasteiger partial charge >= 0.3 is 5.97 Å². The van der Waals surface area contributed by atoms with E-state index in [1.54, 1.807) is 24.3 Å². The third-order valence-corrected chi connectivity index (χ3v) is 3.63. The lowest BCUT2D eigenvalue weighted by molar-refractivity contribution is -0.145. The van der Waals surface area contributed by atoms with Crippen LogP contribution in [0.5, 0.6) is 0 Å². The molecule has 1 N–H and O–H groups in total. The summed E-state index contributed by atoms with van der Waals surface area (Å²) in [5, 5.41) is 11.5. The largest absolute Gasteiger partial charge is 0.467 e. The first-order valence-corrected chi connectivity index (χ1v) is 7.09. The van der Waals surface area contributed by atoms with Gasteiger partial charge in [0.05, 0.1) is 31.3 Å². The summed E-state index contributed by atoms with van der Waals surface area (Å²) in [6.45, 7) is 0.952. The molecule has 0 aliphatic carbocycles. The number of ether oxygens (including phenoxy) is 2. The lowest BCUT2D eigenvalue weighted by Crippen LogP contribution is -2.45. The molecule has 2 rings (SSSR count). The molecule has 0 aromatic heterocycles. The van der Waals surface area contributed by atoms with E-state index in [2.05, 4.69) is 5.32 Å². The van der Waals surface area contributed by atoms with Crippen molar-refractivity contribution in [2.75, 3.05) is 20.3 Å². The molecule has 1 aliphatic rings. The van der Waals surface area contributed by atoms with Crippen molar-refractivity contribution in [3.63, 3.8) is 0 Å². The van der Waals surface area contributed by atoms with Crippen LogP contribution in [-0.4, -0.2) is 38.2 Å². The molecule has 0 unspecified atom stereocenters. The quantitative estimate of drug-likeness (QED) is 0.813. The molecule has 1 amide bonds. The number of hydrogen-bond donors (Lipinski definition) is 1. The monoisotopic (exact) mass is 302 g/mol. The molecule has 2 atom stereocenters. The number of nitriles is 1. The normalized spacial score (nSPS) is 18.3. The van der Waals surface area contributed by atoms with E-state index >= 15 is 0 Å². The van der Waals surface area contributed by atoms with Crippen molar-refractivity contribution in [3.05, 3.63) is 35.4 Å². The average Bonchev–Trinajstić information content (AvgIpc) is 3.08. The Morgan fingerprint density at radius 3 is 2.73 bits per heavy atom. The van der Waals surface area contributed by atoms with Gasteiger partial charge in [0.15, 0.2) is 0 Å². The topological polar surface area (TPSA) is 88.4 Å². The van der Waals surface area contributed by atoms with E-state index in [0.29, 0.717) is 31.6 Å². The van der Waals surface area contributed by atoms with Gasteiger partial charge in [-0.05, 0) is 24.1 Å². The summed E-state index contributed by atoms with van der Waals surface area (Å²) in [6.07, 6.45) is 0.980. The number of amides is 1. The fourth-order valence-corrected chi connectivity index (χ4v) is 2.32. The Balaban J connectivity index is 2.03. The number of carbonyl (C=O) groups is 2. The molecule has 6 nitrogen and oxygen atoms in total. The minimum absolute atomic E-state index is 0.193. The molecule has 0 radical (unpaired) electrons. The zero-order valence-electron chi connectivity index (χ0n) is 12.4. The number of nitrogens with one attached hydrogen (secondary N) is 1. The van der Waals surface area contributed by atoms with Crippen molar-refractivity contribution >= 4 is 11.9 Å².